The summed E-state index contributed by atoms with van der Waals surface area (Å²) in [6.45, 7) is 5.30. The van der Waals surface area contributed by atoms with Crippen LogP contribution in [0.3, 0.4) is 0 Å². The van der Waals surface area contributed by atoms with Crippen molar-refractivity contribution in [1.82, 2.24) is 5.32 Å². The average molecular weight is 209 g/mol. The highest BCUT2D eigenvalue weighted by Gasteiger charge is 2.29. The van der Waals surface area contributed by atoms with E-state index in [0.29, 0.717) is 12.1 Å². The molecule has 86 valence electrons. The summed E-state index contributed by atoms with van der Waals surface area (Å²) < 4.78 is 5.73. The molecule has 1 saturated heterocycles. The van der Waals surface area contributed by atoms with Crippen molar-refractivity contribution >= 4 is 0 Å². The Kier molecular flexibility index (Phi) is 3.47. The van der Waals surface area contributed by atoms with Crippen LogP contribution in [0, 0.1) is 0 Å². The van der Waals surface area contributed by atoms with Gasteiger partial charge in [0.15, 0.2) is 0 Å². The minimum atomic E-state index is 0.0699. The van der Waals surface area contributed by atoms with Gasteiger partial charge in [0.25, 0.3) is 0 Å². The van der Waals surface area contributed by atoms with Gasteiger partial charge in [-0.3, -0.25) is 0 Å². The van der Waals surface area contributed by atoms with Crippen LogP contribution in [0.1, 0.15) is 46.0 Å². The van der Waals surface area contributed by atoms with Crippen molar-refractivity contribution in [3.8, 4) is 0 Å². The molecule has 2 unspecified atom stereocenters. The Morgan fingerprint density at radius 2 is 2.07 bits per heavy atom. The van der Waals surface area contributed by atoms with Gasteiger partial charge in [0, 0.05) is 18.7 Å². The second-order valence-corrected chi connectivity index (χ2v) is 5.45. The summed E-state index contributed by atoms with van der Waals surface area (Å²) in [4.78, 5) is 0. The quantitative estimate of drug-likeness (QED) is 0.706. The van der Waals surface area contributed by atoms with Crippen LogP contribution in [0.2, 0.25) is 0 Å². The molecule has 1 aliphatic carbocycles. The molecule has 1 heterocycles. The lowest BCUT2D eigenvalue weighted by Crippen LogP contribution is -2.47. The van der Waals surface area contributed by atoms with Crippen LogP contribution in [-0.4, -0.2) is 24.3 Å². The van der Waals surface area contributed by atoms with Gasteiger partial charge in [0.05, 0.1) is 5.60 Å². The van der Waals surface area contributed by atoms with Gasteiger partial charge in [-0.1, -0.05) is 12.2 Å². The highest BCUT2D eigenvalue weighted by molar-refractivity contribution is 4.95. The van der Waals surface area contributed by atoms with E-state index in [-0.39, 0.29) is 5.60 Å². The van der Waals surface area contributed by atoms with E-state index >= 15 is 0 Å². The van der Waals surface area contributed by atoms with Gasteiger partial charge >= 0.3 is 0 Å². The Labute approximate surface area is 93.1 Å². The summed E-state index contributed by atoms with van der Waals surface area (Å²) in [7, 11) is 0. The minimum Gasteiger partial charge on any atom is -0.375 e. The second-order valence-electron chi connectivity index (χ2n) is 5.45. The maximum Gasteiger partial charge on any atom is 0.0641 e. The molecule has 0 saturated carbocycles. The molecule has 1 fully saturated rings. The molecule has 1 N–H and O–H groups in total. The zero-order valence-electron chi connectivity index (χ0n) is 9.96. The topological polar surface area (TPSA) is 21.3 Å². The van der Waals surface area contributed by atoms with E-state index in [4.69, 9.17) is 4.74 Å². The Bertz CT molecular complexity index is 235. The van der Waals surface area contributed by atoms with Crippen LogP contribution >= 0.6 is 0 Å². The molecule has 2 heteroatoms. The van der Waals surface area contributed by atoms with E-state index in [1.54, 1.807) is 0 Å². The molecule has 2 aliphatic rings. The molecule has 1 aliphatic heterocycles. The minimum absolute atomic E-state index is 0.0699. The molecule has 0 aromatic carbocycles. The Morgan fingerprint density at radius 1 is 1.20 bits per heavy atom. The van der Waals surface area contributed by atoms with Gasteiger partial charge in [-0.2, -0.15) is 0 Å². The summed E-state index contributed by atoms with van der Waals surface area (Å²) in [5.74, 6) is 0. The Morgan fingerprint density at radius 3 is 2.73 bits per heavy atom. The maximum atomic E-state index is 5.73. The van der Waals surface area contributed by atoms with Crippen LogP contribution in [0.25, 0.3) is 0 Å². The van der Waals surface area contributed by atoms with Gasteiger partial charge in [-0.05, 0) is 46.0 Å². The van der Waals surface area contributed by atoms with E-state index in [9.17, 15) is 0 Å². The number of ether oxygens (including phenoxy) is 1. The number of hydrogen-bond acceptors (Lipinski definition) is 2. The normalized spacial score (nSPS) is 35.3. The van der Waals surface area contributed by atoms with E-state index in [1.165, 1.54) is 25.7 Å². The SMILES string of the molecule is CC1(C)CC(NC2CC=CCC2)CCO1. The number of hydrogen-bond donors (Lipinski definition) is 1. The fraction of sp³-hybridized carbons (Fsp3) is 0.846. The third kappa shape index (κ3) is 3.32. The average Bonchev–Trinajstić information content (AvgIpc) is 2.17. The first-order valence-corrected chi connectivity index (χ1v) is 6.21. The predicted molar refractivity (Wildman–Crippen MR) is 63.0 cm³/mol. The fourth-order valence-corrected chi connectivity index (χ4v) is 2.65. The highest BCUT2D eigenvalue weighted by Crippen LogP contribution is 2.25. The molecule has 2 nitrogen and oxygen atoms in total. The molecule has 0 amide bonds. The third-order valence-corrected chi connectivity index (χ3v) is 3.44. The largest absolute Gasteiger partial charge is 0.375 e. The van der Waals surface area contributed by atoms with Crippen LogP contribution in [0.15, 0.2) is 12.2 Å². The molecular weight excluding hydrogens is 186 g/mol. The highest BCUT2D eigenvalue weighted by atomic mass is 16.5. The summed E-state index contributed by atoms with van der Waals surface area (Å²) in [6, 6.07) is 1.36. The van der Waals surface area contributed by atoms with Crippen molar-refractivity contribution in [1.29, 1.82) is 0 Å². The molecule has 0 spiro atoms. The van der Waals surface area contributed by atoms with Crippen LogP contribution < -0.4 is 5.32 Å². The zero-order valence-corrected chi connectivity index (χ0v) is 9.96. The molecule has 0 radical (unpaired) electrons. The molecule has 2 atom stereocenters. The van der Waals surface area contributed by atoms with Gasteiger partial charge in [0.1, 0.15) is 0 Å². The summed E-state index contributed by atoms with van der Waals surface area (Å²) in [5.41, 5.74) is 0.0699. The third-order valence-electron chi connectivity index (χ3n) is 3.44. The van der Waals surface area contributed by atoms with Gasteiger partial charge in [-0.25, -0.2) is 0 Å². The first-order valence-electron chi connectivity index (χ1n) is 6.21. The van der Waals surface area contributed by atoms with E-state index in [0.717, 1.165) is 13.0 Å². The Hall–Kier alpha value is -0.340. The standard InChI is InChI=1S/C13H23NO/c1-13(2)10-12(8-9-15-13)14-11-6-4-3-5-7-11/h3-4,11-12,14H,5-10H2,1-2H3. The van der Waals surface area contributed by atoms with Crippen molar-refractivity contribution in [2.24, 2.45) is 0 Å². The van der Waals surface area contributed by atoms with Crippen LogP contribution in [-0.2, 0) is 4.74 Å². The smallest absolute Gasteiger partial charge is 0.0641 e. The maximum absolute atomic E-state index is 5.73. The van der Waals surface area contributed by atoms with Crippen molar-refractivity contribution in [2.75, 3.05) is 6.61 Å². The molecule has 0 aromatic heterocycles. The van der Waals surface area contributed by atoms with Gasteiger partial charge in [0.2, 0.25) is 0 Å². The van der Waals surface area contributed by atoms with Gasteiger partial charge < -0.3 is 10.1 Å². The molecule has 2 rings (SSSR count). The lowest BCUT2D eigenvalue weighted by Gasteiger charge is -2.38. The molecule has 15 heavy (non-hydrogen) atoms. The monoisotopic (exact) mass is 209 g/mol. The number of rotatable bonds is 2. The lowest BCUT2D eigenvalue weighted by atomic mass is 9.92. The van der Waals surface area contributed by atoms with Crippen molar-refractivity contribution in [2.45, 2.75) is 63.6 Å². The van der Waals surface area contributed by atoms with E-state index in [1.807, 2.05) is 0 Å². The summed E-state index contributed by atoms with van der Waals surface area (Å²) in [6.07, 6.45) is 10.7. The van der Waals surface area contributed by atoms with Crippen LogP contribution in [0.4, 0.5) is 0 Å². The first-order chi connectivity index (χ1) is 7.16. The fourth-order valence-electron chi connectivity index (χ4n) is 2.65. The summed E-state index contributed by atoms with van der Waals surface area (Å²) >= 11 is 0. The molecule has 0 bridgehead atoms. The predicted octanol–water partition coefficient (Wildman–Crippen LogP) is 2.64. The van der Waals surface area contributed by atoms with E-state index < -0.39 is 0 Å². The summed E-state index contributed by atoms with van der Waals surface area (Å²) in [5, 5.41) is 3.78. The zero-order chi connectivity index (χ0) is 10.7. The first kappa shape index (κ1) is 11.2. The number of allylic oxidation sites excluding steroid dienone is 1. The Balaban J connectivity index is 1.81. The van der Waals surface area contributed by atoms with Crippen molar-refractivity contribution < 1.29 is 4.74 Å². The van der Waals surface area contributed by atoms with Gasteiger partial charge in [-0.15, -0.1) is 0 Å². The molecular formula is C13H23NO. The molecule has 0 aromatic rings. The lowest BCUT2D eigenvalue weighted by molar-refractivity contribution is -0.0642. The van der Waals surface area contributed by atoms with Crippen molar-refractivity contribution in [3.63, 3.8) is 0 Å². The van der Waals surface area contributed by atoms with Crippen molar-refractivity contribution in [3.05, 3.63) is 12.2 Å². The number of nitrogens with one attached hydrogen (secondary N) is 1. The van der Waals surface area contributed by atoms with Crippen LogP contribution in [0.5, 0.6) is 0 Å². The second kappa shape index (κ2) is 4.67. The van der Waals surface area contributed by atoms with E-state index in [2.05, 4.69) is 31.3 Å².